The molecule has 4 nitrogen and oxygen atoms in total. The smallest absolute Gasteiger partial charge is 0.338 e. The standard InChI is InChI=1S/C22H25NO3/c1-2-3-4-8-17-26-22(25)19-12-14-20(15-13-19)23-21(24)16-11-18-9-6-5-7-10-18/h5-7,9-16H,2-4,8,17H2,1H3,(H,23,24)/b16-11+. The van der Waals surface area contributed by atoms with Crippen molar-refractivity contribution in [2.45, 2.75) is 32.6 Å². The Hall–Kier alpha value is -2.88. The summed E-state index contributed by atoms with van der Waals surface area (Å²) in [7, 11) is 0. The first-order valence-corrected chi connectivity index (χ1v) is 9.00. The molecule has 0 aliphatic rings. The average Bonchev–Trinajstić information content (AvgIpc) is 2.67. The summed E-state index contributed by atoms with van der Waals surface area (Å²) in [5.74, 6) is -0.552. The molecule has 0 aliphatic heterocycles. The maximum Gasteiger partial charge on any atom is 0.338 e. The molecule has 2 aromatic rings. The van der Waals surface area contributed by atoms with E-state index in [0.29, 0.717) is 17.9 Å². The van der Waals surface area contributed by atoms with Gasteiger partial charge < -0.3 is 10.1 Å². The third-order valence-corrected chi connectivity index (χ3v) is 3.85. The Kier molecular flexibility index (Phi) is 8.13. The zero-order chi connectivity index (χ0) is 18.6. The van der Waals surface area contributed by atoms with Crippen LogP contribution in [0.5, 0.6) is 0 Å². The number of ether oxygens (including phenoxy) is 1. The van der Waals surface area contributed by atoms with Crippen molar-refractivity contribution in [1.82, 2.24) is 0 Å². The van der Waals surface area contributed by atoms with E-state index in [-0.39, 0.29) is 11.9 Å². The van der Waals surface area contributed by atoms with Gasteiger partial charge in [0.25, 0.3) is 0 Å². The lowest BCUT2D eigenvalue weighted by atomic mass is 10.2. The number of nitrogens with one attached hydrogen (secondary N) is 1. The van der Waals surface area contributed by atoms with Crippen LogP contribution in [0.3, 0.4) is 0 Å². The van der Waals surface area contributed by atoms with Crippen LogP contribution in [0.4, 0.5) is 5.69 Å². The molecule has 0 unspecified atom stereocenters. The molecular weight excluding hydrogens is 326 g/mol. The predicted octanol–water partition coefficient (Wildman–Crippen LogP) is 5.08. The lowest BCUT2D eigenvalue weighted by molar-refractivity contribution is -0.111. The summed E-state index contributed by atoms with van der Waals surface area (Å²) in [4.78, 5) is 23.9. The van der Waals surface area contributed by atoms with E-state index in [2.05, 4.69) is 12.2 Å². The number of anilines is 1. The average molecular weight is 351 g/mol. The summed E-state index contributed by atoms with van der Waals surface area (Å²) >= 11 is 0. The van der Waals surface area contributed by atoms with Crippen molar-refractivity contribution in [3.05, 3.63) is 71.8 Å². The number of benzene rings is 2. The second kappa shape index (κ2) is 10.9. The third kappa shape index (κ3) is 6.93. The lowest BCUT2D eigenvalue weighted by Crippen LogP contribution is -2.09. The van der Waals surface area contributed by atoms with Gasteiger partial charge in [0, 0.05) is 11.8 Å². The number of hydrogen-bond acceptors (Lipinski definition) is 3. The Morgan fingerprint density at radius 2 is 1.69 bits per heavy atom. The lowest BCUT2D eigenvalue weighted by Gasteiger charge is -2.06. The summed E-state index contributed by atoms with van der Waals surface area (Å²) < 4.78 is 5.25. The summed E-state index contributed by atoms with van der Waals surface area (Å²) in [5, 5.41) is 2.77. The van der Waals surface area contributed by atoms with E-state index in [0.717, 1.165) is 31.2 Å². The maximum atomic E-state index is 11.9. The summed E-state index contributed by atoms with van der Waals surface area (Å²) in [5.41, 5.74) is 2.07. The van der Waals surface area contributed by atoms with Crippen molar-refractivity contribution >= 4 is 23.6 Å². The van der Waals surface area contributed by atoms with E-state index in [1.807, 2.05) is 30.3 Å². The normalized spacial score (nSPS) is 10.7. The topological polar surface area (TPSA) is 55.4 Å². The third-order valence-electron chi connectivity index (χ3n) is 3.85. The quantitative estimate of drug-likeness (QED) is 0.389. The molecule has 0 atom stereocenters. The van der Waals surface area contributed by atoms with E-state index in [9.17, 15) is 9.59 Å². The zero-order valence-corrected chi connectivity index (χ0v) is 15.1. The van der Waals surface area contributed by atoms with Gasteiger partial charge >= 0.3 is 5.97 Å². The van der Waals surface area contributed by atoms with Gasteiger partial charge in [0.15, 0.2) is 0 Å². The van der Waals surface area contributed by atoms with Gasteiger partial charge in [0.05, 0.1) is 12.2 Å². The van der Waals surface area contributed by atoms with Crippen LogP contribution in [0.15, 0.2) is 60.7 Å². The van der Waals surface area contributed by atoms with Gasteiger partial charge in [-0.25, -0.2) is 4.79 Å². The number of unbranched alkanes of at least 4 members (excludes halogenated alkanes) is 3. The molecule has 26 heavy (non-hydrogen) atoms. The first-order valence-electron chi connectivity index (χ1n) is 9.00. The fourth-order valence-corrected chi connectivity index (χ4v) is 2.39. The Morgan fingerprint density at radius 3 is 2.38 bits per heavy atom. The Bertz CT molecular complexity index is 721. The Morgan fingerprint density at radius 1 is 0.962 bits per heavy atom. The molecule has 2 aromatic carbocycles. The number of amides is 1. The summed E-state index contributed by atoms with van der Waals surface area (Å²) in [6, 6.07) is 16.3. The van der Waals surface area contributed by atoms with Crippen LogP contribution >= 0.6 is 0 Å². The zero-order valence-electron chi connectivity index (χ0n) is 15.1. The number of carbonyl (C=O) groups excluding carboxylic acids is 2. The number of hydrogen-bond donors (Lipinski definition) is 1. The molecule has 0 fully saturated rings. The molecule has 0 bridgehead atoms. The summed E-state index contributed by atoms with van der Waals surface area (Å²) in [6.07, 6.45) is 7.51. The van der Waals surface area contributed by atoms with E-state index in [1.54, 1.807) is 30.3 Å². The molecule has 0 radical (unpaired) electrons. The molecule has 1 amide bonds. The monoisotopic (exact) mass is 351 g/mol. The van der Waals surface area contributed by atoms with E-state index in [4.69, 9.17) is 4.74 Å². The van der Waals surface area contributed by atoms with Gasteiger partial charge in [-0.05, 0) is 42.3 Å². The van der Waals surface area contributed by atoms with Crippen LogP contribution in [0.1, 0.15) is 48.5 Å². The van der Waals surface area contributed by atoms with E-state index < -0.39 is 0 Å². The van der Waals surface area contributed by atoms with E-state index in [1.165, 1.54) is 6.08 Å². The van der Waals surface area contributed by atoms with Crippen molar-refractivity contribution in [2.75, 3.05) is 11.9 Å². The fourth-order valence-electron chi connectivity index (χ4n) is 2.39. The first-order chi connectivity index (χ1) is 12.7. The molecule has 0 spiro atoms. The van der Waals surface area contributed by atoms with Gasteiger partial charge in [-0.15, -0.1) is 0 Å². The highest BCUT2D eigenvalue weighted by Crippen LogP contribution is 2.11. The number of carbonyl (C=O) groups is 2. The highest BCUT2D eigenvalue weighted by molar-refractivity contribution is 6.02. The molecule has 0 saturated heterocycles. The highest BCUT2D eigenvalue weighted by atomic mass is 16.5. The summed E-state index contributed by atoms with van der Waals surface area (Å²) in [6.45, 7) is 2.59. The molecule has 0 aromatic heterocycles. The fraction of sp³-hybridized carbons (Fsp3) is 0.273. The molecule has 0 heterocycles. The largest absolute Gasteiger partial charge is 0.462 e. The molecule has 4 heteroatoms. The van der Waals surface area contributed by atoms with Crippen LogP contribution in [0, 0.1) is 0 Å². The first kappa shape index (κ1) is 19.4. The maximum absolute atomic E-state index is 11.9. The minimum Gasteiger partial charge on any atom is -0.462 e. The number of esters is 1. The predicted molar refractivity (Wildman–Crippen MR) is 105 cm³/mol. The van der Waals surface area contributed by atoms with Crippen LogP contribution in [-0.2, 0) is 9.53 Å². The van der Waals surface area contributed by atoms with Crippen LogP contribution in [-0.4, -0.2) is 18.5 Å². The van der Waals surface area contributed by atoms with E-state index >= 15 is 0 Å². The second-order valence-electron chi connectivity index (χ2n) is 6.01. The SMILES string of the molecule is CCCCCCOC(=O)c1ccc(NC(=O)/C=C/c2ccccc2)cc1. The Balaban J connectivity index is 1.80. The molecule has 1 N–H and O–H groups in total. The minimum absolute atomic E-state index is 0.222. The second-order valence-corrected chi connectivity index (χ2v) is 6.01. The number of rotatable bonds is 9. The van der Waals surface area contributed by atoms with Crippen molar-refractivity contribution < 1.29 is 14.3 Å². The van der Waals surface area contributed by atoms with Crippen LogP contribution < -0.4 is 5.32 Å². The van der Waals surface area contributed by atoms with Crippen molar-refractivity contribution in [3.63, 3.8) is 0 Å². The molecule has 136 valence electrons. The Labute approximate surface area is 154 Å². The van der Waals surface area contributed by atoms with Gasteiger partial charge in [0.1, 0.15) is 0 Å². The highest BCUT2D eigenvalue weighted by Gasteiger charge is 2.07. The molecule has 2 rings (SSSR count). The van der Waals surface area contributed by atoms with Gasteiger partial charge in [-0.2, -0.15) is 0 Å². The molecular formula is C22H25NO3. The minimum atomic E-state index is -0.330. The van der Waals surface area contributed by atoms with Crippen molar-refractivity contribution in [1.29, 1.82) is 0 Å². The van der Waals surface area contributed by atoms with Crippen LogP contribution in [0.25, 0.3) is 6.08 Å². The molecule has 0 aliphatic carbocycles. The van der Waals surface area contributed by atoms with Crippen molar-refractivity contribution in [2.24, 2.45) is 0 Å². The van der Waals surface area contributed by atoms with Gasteiger partial charge in [-0.3, -0.25) is 4.79 Å². The molecule has 0 saturated carbocycles. The van der Waals surface area contributed by atoms with Crippen LogP contribution in [0.2, 0.25) is 0 Å². The van der Waals surface area contributed by atoms with Crippen molar-refractivity contribution in [3.8, 4) is 0 Å². The van der Waals surface area contributed by atoms with Gasteiger partial charge in [0.2, 0.25) is 5.91 Å². The van der Waals surface area contributed by atoms with Gasteiger partial charge in [-0.1, -0.05) is 56.5 Å².